The first-order chi connectivity index (χ1) is 8.83. The van der Waals surface area contributed by atoms with Gasteiger partial charge in [0.2, 0.25) is 5.28 Å². The predicted molar refractivity (Wildman–Crippen MR) is 60.8 cm³/mol. The minimum Gasteiger partial charge on any atom is -0.261 e. The molecule has 0 aromatic carbocycles. The molecule has 0 amide bonds. The quantitative estimate of drug-likeness (QED) is 0.664. The SMILES string of the molecule is Clc1nc(-c2cnccn2)nc(-n2cncn2)n1. The van der Waals surface area contributed by atoms with Crippen LogP contribution in [0.4, 0.5) is 0 Å². The van der Waals surface area contributed by atoms with Crippen LogP contribution in [0.2, 0.25) is 5.28 Å². The van der Waals surface area contributed by atoms with E-state index in [2.05, 4.69) is 35.0 Å². The Morgan fingerprint density at radius 2 is 2.00 bits per heavy atom. The second kappa shape index (κ2) is 4.41. The lowest BCUT2D eigenvalue weighted by Crippen LogP contribution is -2.05. The van der Waals surface area contributed by atoms with Gasteiger partial charge >= 0.3 is 0 Å². The van der Waals surface area contributed by atoms with Crippen molar-refractivity contribution in [3.05, 3.63) is 36.5 Å². The lowest BCUT2D eigenvalue weighted by molar-refractivity contribution is 0.795. The molecule has 3 heterocycles. The van der Waals surface area contributed by atoms with Crippen LogP contribution in [0.25, 0.3) is 17.5 Å². The van der Waals surface area contributed by atoms with Crippen molar-refractivity contribution in [2.45, 2.75) is 0 Å². The van der Waals surface area contributed by atoms with Gasteiger partial charge in [0.15, 0.2) is 5.82 Å². The molecule has 9 heteroatoms. The molecule has 8 nitrogen and oxygen atoms in total. The van der Waals surface area contributed by atoms with Gasteiger partial charge in [-0.15, -0.1) is 0 Å². The molecule has 3 rings (SSSR count). The lowest BCUT2D eigenvalue weighted by Gasteiger charge is -2.02. The molecule has 3 aromatic heterocycles. The number of nitrogens with zero attached hydrogens (tertiary/aromatic N) is 8. The van der Waals surface area contributed by atoms with Gasteiger partial charge in [-0.1, -0.05) is 0 Å². The molecule has 0 aliphatic heterocycles. The Labute approximate surface area is 106 Å². The molecule has 0 aliphatic rings. The van der Waals surface area contributed by atoms with Crippen molar-refractivity contribution in [1.82, 2.24) is 39.7 Å². The summed E-state index contributed by atoms with van der Waals surface area (Å²) in [6.45, 7) is 0. The van der Waals surface area contributed by atoms with Crippen molar-refractivity contribution in [3.63, 3.8) is 0 Å². The van der Waals surface area contributed by atoms with Gasteiger partial charge in [0.25, 0.3) is 5.95 Å². The first-order valence-corrected chi connectivity index (χ1v) is 5.24. The fraction of sp³-hybridized carbons (Fsp3) is 0. The fourth-order valence-electron chi connectivity index (χ4n) is 1.28. The van der Waals surface area contributed by atoms with Crippen LogP contribution in [-0.4, -0.2) is 39.7 Å². The molecule has 0 radical (unpaired) electrons. The van der Waals surface area contributed by atoms with Crippen molar-refractivity contribution < 1.29 is 0 Å². The molecule has 0 saturated carbocycles. The van der Waals surface area contributed by atoms with E-state index in [9.17, 15) is 0 Å². The Bertz CT molecular complexity index is 654. The first-order valence-electron chi connectivity index (χ1n) is 4.86. The third kappa shape index (κ3) is 2.00. The number of aromatic nitrogens is 8. The van der Waals surface area contributed by atoms with E-state index in [0.29, 0.717) is 11.5 Å². The average Bonchev–Trinajstić information content (AvgIpc) is 2.93. The Kier molecular flexibility index (Phi) is 2.61. The Morgan fingerprint density at radius 1 is 1.06 bits per heavy atom. The predicted octanol–water partition coefficient (Wildman–Crippen LogP) is 0.563. The topological polar surface area (TPSA) is 95.2 Å². The molecule has 88 valence electrons. The average molecular weight is 261 g/mol. The van der Waals surface area contributed by atoms with E-state index in [0.717, 1.165) is 0 Å². The largest absolute Gasteiger partial charge is 0.261 e. The van der Waals surface area contributed by atoms with Crippen LogP contribution in [0.1, 0.15) is 0 Å². The lowest BCUT2D eigenvalue weighted by atomic mass is 10.4. The van der Waals surface area contributed by atoms with E-state index in [-0.39, 0.29) is 11.2 Å². The van der Waals surface area contributed by atoms with Gasteiger partial charge in [-0.3, -0.25) is 4.98 Å². The molecule has 0 saturated heterocycles. The van der Waals surface area contributed by atoms with Crippen molar-refractivity contribution in [2.24, 2.45) is 0 Å². The molecule has 0 spiro atoms. The van der Waals surface area contributed by atoms with Crippen molar-refractivity contribution in [3.8, 4) is 17.5 Å². The molecule has 0 aliphatic carbocycles. The van der Waals surface area contributed by atoms with Gasteiger partial charge in [-0.25, -0.2) is 9.97 Å². The highest BCUT2D eigenvalue weighted by atomic mass is 35.5. The van der Waals surface area contributed by atoms with Crippen LogP contribution in [0.5, 0.6) is 0 Å². The molecule has 0 unspecified atom stereocenters. The minimum absolute atomic E-state index is 0.0520. The zero-order chi connectivity index (χ0) is 12.4. The molecule has 3 aromatic rings. The number of hydrogen-bond acceptors (Lipinski definition) is 7. The standard InChI is InChI=1S/C9H5ClN8/c10-8-15-7(6-3-11-1-2-13-6)16-9(17-8)18-5-12-4-14-18/h1-5H. The van der Waals surface area contributed by atoms with Crippen molar-refractivity contribution in [1.29, 1.82) is 0 Å². The molecular weight excluding hydrogens is 256 g/mol. The summed E-state index contributed by atoms with van der Waals surface area (Å²) in [6.07, 6.45) is 7.48. The Balaban J connectivity index is 2.12. The van der Waals surface area contributed by atoms with E-state index >= 15 is 0 Å². The number of halogens is 1. The van der Waals surface area contributed by atoms with E-state index < -0.39 is 0 Å². The van der Waals surface area contributed by atoms with E-state index in [1.54, 1.807) is 12.4 Å². The van der Waals surface area contributed by atoms with Crippen molar-refractivity contribution in [2.75, 3.05) is 0 Å². The third-order valence-electron chi connectivity index (χ3n) is 2.01. The first kappa shape index (κ1) is 10.7. The van der Waals surface area contributed by atoms with E-state index in [1.807, 2.05) is 0 Å². The van der Waals surface area contributed by atoms with Crippen LogP contribution in [0.3, 0.4) is 0 Å². The summed E-state index contributed by atoms with van der Waals surface area (Å²) in [4.78, 5) is 24.0. The summed E-state index contributed by atoms with van der Waals surface area (Å²) in [6, 6.07) is 0. The summed E-state index contributed by atoms with van der Waals surface area (Å²) < 4.78 is 1.38. The summed E-state index contributed by atoms with van der Waals surface area (Å²) in [5.41, 5.74) is 0.503. The number of rotatable bonds is 2. The maximum absolute atomic E-state index is 5.84. The van der Waals surface area contributed by atoms with Gasteiger partial charge < -0.3 is 0 Å². The van der Waals surface area contributed by atoms with Crippen LogP contribution < -0.4 is 0 Å². The maximum atomic E-state index is 5.84. The van der Waals surface area contributed by atoms with E-state index in [4.69, 9.17) is 11.6 Å². The minimum atomic E-state index is 0.0520. The second-order valence-electron chi connectivity index (χ2n) is 3.16. The highest BCUT2D eigenvalue weighted by Gasteiger charge is 2.10. The zero-order valence-electron chi connectivity index (χ0n) is 8.84. The van der Waals surface area contributed by atoms with Gasteiger partial charge in [0.1, 0.15) is 18.3 Å². The van der Waals surface area contributed by atoms with Crippen LogP contribution in [0.15, 0.2) is 31.2 Å². The van der Waals surface area contributed by atoms with Crippen LogP contribution >= 0.6 is 11.6 Å². The van der Waals surface area contributed by atoms with Gasteiger partial charge in [0.05, 0.1) is 6.20 Å². The number of hydrogen-bond donors (Lipinski definition) is 0. The Morgan fingerprint density at radius 3 is 2.72 bits per heavy atom. The van der Waals surface area contributed by atoms with Gasteiger partial charge in [0, 0.05) is 12.4 Å². The Hall–Kier alpha value is -2.48. The summed E-state index contributed by atoms with van der Waals surface area (Å²) in [5, 5.41) is 3.97. The zero-order valence-corrected chi connectivity index (χ0v) is 9.60. The summed E-state index contributed by atoms with van der Waals surface area (Å²) in [7, 11) is 0. The maximum Gasteiger partial charge on any atom is 0.256 e. The smallest absolute Gasteiger partial charge is 0.256 e. The molecule has 0 atom stereocenters. The normalized spacial score (nSPS) is 10.5. The highest BCUT2D eigenvalue weighted by Crippen LogP contribution is 2.13. The monoisotopic (exact) mass is 260 g/mol. The third-order valence-corrected chi connectivity index (χ3v) is 2.18. The van der Waals surface area contributed by atoms with Crippen LogP contribution in [-0.2, 0) is 0 Å². The molecular formula is C9H5ClN8. The van der Waals surface area contributed by atoms with Gasteiger partial charge in [-0.2, -0.15) is 24.7 Å². The van der Waals surface area contributed by atoms with Gasteiger partial charge in [-0.05, 0) is 11.6 Å². The molecule has 18 heavy (non-hydrogen) atoms. The molecule has 0 bridgehead atoms. The van der Waals surface area contributed by atoms with Crippen LogP contribution in [0, 0.1) is 0 Å². The molecule has 0 N–H and O–H groups in total. The van der Waals surface area contributed by atoms with E-state index in [1.165, 1.54) is 23.5 Å². The second-order valence-corrected chi connectivity index (χ2v) is 3.50. The fourth-order valence-corrected chi connectivity index (χ4v) is 1.44. The summed E-state index contributed by atoms with van der Waals surface area (Å²) >= 11 is 5.84. The highest BCUT2D eigenvalue weighted by molar-refractivity contribution is 6.28. The van der Waals surface area contributed by atoms with Crippen molar-refractivity contribution >= 4 is 11.6 Å². The summed E-state index contributed by atoms with van der Waals surface area (Å²) in [5.74, 6) is 0.599. The molecule has 0 fully saturated rings.